The zero-order valence-electron chi connectivity index (χ0n) is 20.7. The molecule has 2 aromatic carbocycles. The molecule has 39 heavy (non-hydrogen) atoms. The fourth-order valence-electron chi connectivity index (χ4n) is 3.74. The maximum atomic E-state index is 13.6. The highest BCUT2D eigenvalue weighted by Crippen LogP contribution is 2.35. The maximum Gasteiger partial charge on any atom is 0.258 e. The molecule has 3 aromatic heterocycles. The lowest BCUT2D eigenvalue weighted by Gasteiger charge is -2.14. The van der Waals surface area contributed by atoms with Crippen LogP contribution in [0.3, 0.4) is 0 Å². The Balaban J connectivity index is 1.25. The van der Waals surface area contributed by atoms with Gasteiger partial charge in [0.05, 0.1) is 29.0 Å². The molecule has 0 aliphatic carbocycles. The lowest BCUT2D eigenvalue weighted by atomic mass is 10.2. The van der Waals surface area contributed by atoms with Gasteiger partial charge in [0.1, 0.15) is 18.0 Å². The van der Waals surface area contributed by atoms with E-state index >= 15 is 0 Å². The molecule has 11 heteroatoms. The number of aromatic nitrogens is 4. The zero-order valence-corrected chi connectivity index (χ0v) is 21.4. The van der Waals surface area contributed by atoms with Gasteiger partial charge in [-0.25, -0.2) is 14.4 Å². The lowest BCUT2D eigenvalue weighted by Crippen LogP contribution is -2.28. The van der Waals surface area contributed by atoms with Gasteiger partial charge in [0.15, 0.2) is 18.1 Å². The summed E-state index contributed by atoms with van der Waals surface area (Å²) >= 11 is 5.90. The summed E-state index contributed by atoms with van der Waals surface area (Å²) in [5.41, 5.74) is 3.48. The highest BCUT2D eigenvalue weighted by molar-refractivity contribution is 6.31. The third-order valence-electron chi connectivity index (χ3n) is 5.70. The number of carbonyl (C=O) groups excluding carboxylic acids is 1. The summed E-state index contributed by atoms with van der Waals surface area (Å²) in [6.07, 6.45) is 4.79. The Morgan fingerprint density at radius 1 is 0.974 bits per heavy atom. The van der Waals surface area contributed by atoms with Crippen molar-refractivity contribution in [3.8, 4) is 22.9 Å². The van der Waals surface area contributed by atoms with E-state index in [1.54, 1.807) is 30.6 Å². The van der Waals surface area contributed by atoms with Crippen molar-refractivity contribution < 1.29 is 18.7 Å². The third kappa shape index (κ3) is 6.19. The van der Waals surface area contributed by atoms with E-state index in [0.29, 0.717) is 33.9 Å². The molecule has 3 heterocycles. The number of amides is 1. The van der Waals surface area contributed by atoms with E-state index in [9.17, 15) is 9.18 Å². The van der Waals surface area contributed by atoms with E-state index in [2.05, 4.69) is 30.6 Å². The van der Waals surface area contributed by atoms with Crippen LogP contribution in [0.1, 0.15) is 5.56 Å². The Labute approximate surface area is 228 Å². The number of hydrogen-bond donors (Lipinski definition) is 2. The van der Waals surface area contributed by atoms with E-state index in [1.807, 2.05) is 30.3 Å². The fourth-order valence-corrected chi connectivity index (χ4v) is 3.92. The third-order valence-corrected chi connectivity index (χ3v) is 5.99. The van der Waals surface area contributed by atoms with E-state index in [1.165, 1.54) is 25.6 Å². The lowest BCUT2D eigenvalue weighted by molar-refractivity contribution is -0.123. The van der Waals surface area contributed by atoms with Crippen LogP contribution in [0, 0.1) is 5.82 Å². The van der Waals surface area contributed by atoms with Gasteiger partial charge in [0.25, 0.3) is 5.91 Å². The number of fused-ring (bicyclic) bond motifs is 1. The largest absolute Gasteiger partial charge is 0.493 e. The molecule has 0 saturated heterocycles. The molecular weight excluding hydrogens is 523 g/mol. The minimum absolute atomic E-state index is 0.0185. The van der Waals surface area contributed by atoms with E-state index in [4.69, 9.17) is 21.1 Å². The normalized spacial score (nSPS) is 10.7. The number of hydrogen-bond acceptors (Lipinski definition) is 8. The summed E-state index contributed by atoms with van der Waals surface area (Å²) < 4.78 is 24.8. The van der Waals surface area contributed by atoms with Gasteiger partial charge in [-0.05, 0) is 48.0 Å². The molecule has 0 fully saturated rings. The molecule has 0 radical (unpaired) electrons. The van der Waals surface area contributed by atoms with Gasteiger partial charge in [-0.1, -0.05) is 23.7 Å². The molecule has 0 aliphatic heterocycles. The average molecular weight is 545 g/mol. The summed E-state index contributed by atoms with van der Waals surface area (Å²) in [4.78, 5) is 29.8. The van der Waals surface area contributed by atoms with Crippen LogP contribution in [0.15, 0.2) is 79.4 Å². The number of halogens is 2. The number of ether oxygens (including phenoxy) is 2. The molecule has 0 bridgehead atoms. The number of nitrogens with zero attached hydrogens (tertiary/aromatic N) is 4. The van der Waals surface area contributed by atoms with Crippen molar-refractivity contribution in [2.75, 3.05) is 19.0 Å². The van der Waals surface area contributed by atoms with Gasteiger partial charge in [0.2, 0.25) is 0 Å². The van der Waals surface area contributed by atoms with Crippen LogP contribution >= 0.6 is 11.6 Å². The molecule has 9 nitrogen and oxygen atoms in total. The summed E-state index contributed by atoms with van der Waals surface area (Å²) in [5.74, 6) is 0.331. The molecule has 0 aliphatic rings. The van der Waals surface area contributed by atoms with Crippen molar-refractivity contribution in [1.82, 2.24) is 25.3 Å². The zero-order chi connectivity index (χ0) is 27.2. The van der Waals surface area contributed by atoms with E-state index in [0.717, 1.165) is 17.0 Å². The molecule has 0 spiro atoms. The van der Waals surface area contributed by atoms with Crippen LogP contribution < -0.4 is 20.1 Å². The number of anilines is 2. The van der Waals surface area contributed by atoms with Gasteiger partial charge in [-0.2, -0.15) is 0 Å². The molecule has 2 N–H and O–H groups in total. The predicted molar refractivity (Wildman–Crippen MR) is 146 cm³/mol. The van der Waals surface area contributed by atoms with Crippen LogP contribution in [0.2, 0.25) is 5.02 Å². The maximum absolute atomic E-state index is 13.6. The molecule has 0 saturated carbocycles. The van der Waals surface area contributed by atoms with Crippen LogP contribution in [0.4, 0.5) is 15.9 Å². The number of pyridine rings is 2. The Morgan fingerprint density at radius 2 is 1.85 bits per heavy atom. The highest BCUT2D eigenvalue weighted by atomic mass is 35.5. The van der Waals surface area contributed by atoms with Gasteiger partial charge < -0.3 is 20.1 Å². The van der Waals surface area contributed by atoms with Gasteiger partial charge in [-0.3, -0.25) is 14.8 Å². The Morgan fingerprint density at radius 3 is 2.59 bits per heavy atom. The number of rotatable bonds is 9. The standard InChI is InChI=1S/C28H22ClFN6O3/c1-38-25-12-24-19(28(35-16-34-24)36-18-6-7-21(30)20(29)10-18)11-26(25)39-15-27(37)33-14-17-5-8-23(32-13-17)22-4-2-3-9-31-22/h2-13,16H,14-15H2,1H3,(H,33,37)(H,34,35,36). The number of carbonyl (C=O) groups is 1. The molecule has 196 valence electrons. The number of methoxy groups -OCH3 is 1. The van der Waals surface area contributed by atoms with E-state index in [-0.39, 0.29) is 24.1 Å². The van der Waals surface area contributed by atoms with Gasteiger partial charge in [-0.15, -0.1) is 0 Å². The molecule has 5 aromatic rings. The second-order valence-electron chi connectivity index (χ2n) is 8.33. The van der Waals surface area contributed by atoms with E-state index < -0.39 is 5.82 Å². The van der Waals surface area contributed by atoms with Crippen molar-refractivity contribution >= 4 is 39.9 Å². The quantitative estimate of drug-likeness (QED) is 0.256. The number of benzene rings is 2. The fraction of sp³-hybridized carbons (Fsp3) is 0.107. The SMILES string of the molecule is COc1cc2ncnc(Nc3ccc(F)c(Cl)c3)c2cc1OCC(=O)NCc1ccc(-c2ccccn2)nc1. The van der Waals surface area contributed by atoms with Crippen molar-refractivity contribution in [2.45, 2.75) is 6.54 Å². The second kappa shape index (κ2) is 11.7. The predicted octanol–water partition coefficient (Wildman–Crippen LogP) is 5.33. The summed E-state index contributed by atoms with van der Waals surface area (Å²) in [7, 11) is 1.50. The second-order valence-corrected chi connectivity index (χ2v) is 8.74. The monoisotopic (exact) mass is 544 g/mol. The first-order chi connectivity index (χ1) is 19.0. The van der Waals surface area contributed by atoms with Crippen molar-refractivity contribution in [3.63, 3.8) is 0 Å². The van der Waals surface area contributed by atoms with Crippen LogP contribution in [0.5, 0.6) is 11.5 Å². The minimum Gasteiger partial charge on any atom is -0.493 e. The van der Waals surface area contributed by atoms with Crippen molar-refractivity contribution in [1.29, 1.82) is 0 Å². The van der Waals surface area contributed by atoms with Gasteiger partial charge in [0, 0.05) is 36.1 Å². The van der Waals surface area contributed by atoms with Crippen LogP contribution in [-0.2, 0) is 11.3 Å². The van der Waals surface area contributed by atoms with Crippen LogP contribution in [-0.4, -0.2) is 39.6 Å². The first kappa shape index (κ1) is 25.8. The first-order valence-electron chi connectivity index (χ1n) is 11.8. The molecule has 0 atom stereocenters. The van der Waals surface area contributed by atoms with Gasteiger partial charge >= 0.3 is 0 Å². The summed E-state index contributed by atoms with van der Waals surface area (Å²) in [5, 5.41) is 6.51. The van der Waals surface area contributed by atoms with Crippen LogP contribution in [0.25, 0.3) is 22.3 Å². The minimum atomic E-state index is -0.522. The number of nitrogens with one attached hydrogen (secondary N) is 2. The van der Waals surface area contributed by atoms with Crippen molar-refractivity contribution in [3.05, 3.63) is 95.8 Å². The van der Waals surface area contributed by atoms with Crippen molar-refractivity contribution in [2.24, 2.45) is 0 Å². The molecule has 5 rings (SSSR count). The average Bonchev–Trinajstić information content (AvgIpc) is 2.97. The Kier molecular flexibility index (Phi) is 7.74. The highest BCUT2D eigenvalue weighted by Gasteiger charge is 2.14. The molecular formula is C28H22ClFN6O3. The summed E-state index contributed by atoms with van der Waals surface area (Å²) in [6, 6.07) is 17.0. The molecule has 1 amide bonds. The Bertz CT molecular complexity index is 1620. The summed E-state index contributed by atoms with van der Waals surface area (Å²) in [6.45, 7) is 0.0417. The first-order valence-corrected chi connectivity index (χ1v) is 12.2. The topological polar surface area (TPSA) is 111 Å². The smallest absolute Gasteiger partial charge is 0.258 e. The Hall–Kier alpha value is -4.83. The molecule has 0 unspecified atom stereocenters.